The van der Waals surface area contributed by atoms with Crippen LogP contribution < -0.4 is 14.4 Å². The first kappa shape index (κ1) is 21.5. The Hall–Kier alpha value is -2.83. The van der Waals surface area contributed by atoms with Crippen LogP contribution in [0.4, 0.5) is 14.5 Å². The minimum atomic E-state index is -2.92. The molecule has 0 aliphatic heterocycles. The van der Waals surface area contributed by atoms with Gasteiger partial charge in [-0.3, -0.25) is 4.79 Å². The molecule has 0 fully saturated rings. The van der Waals surface area contributed by atoms with Crippen molar-refractivity contribution in [3.8, 4) is 11.5 Å². The van der Waals surface area contributed by atoms with Gasteiger partial charge in [-0.05, 0) is 43.7 Å². The number of nitrogens with zero attached hydrogens (tertiary/aromatic N) is 2. The molecule has 0 atom stereocenters. The molecule has 0 N–H and O–H groups in total. The minimum Gasteiger partial charge on any atom is -0.490 e. The van der Waals surface area contributed by atoms with E-state index in [1.807, 2.05) is 42.2 Å². The van der Waals surface area contributed by atoms with Gasteiger partial charge in [-0.25, -0.2) is 0 Å². The van der Waals surface area contributed by atoms with Gasteiger partial charge in [0.15, 0.2) is 11.5 Å². The molecule has 7 heteroatoms. The molecule has 0 spiro atoms. The normalized spacial score (nSPS) is 10.6. The lowest BCUT2D eigenvalue weighted by Crippen LogP contribution is -2.38. The molecule has 0 aliphatic carbocycles. The predicted molar refractivity (Wildman–Crippen MR) is 105 cm³/mol. The fraction of sp³-hybridized carbons (Fsp3) is 0.381. The zero-order valence-corrected chi connectivity index (χ0v) is 16.4. The van der Waals surface area contributed by atoms with Crippen molar-refractivity contribution in [1.29, 1.82) is 0 Å². The van der Waals surface area contributed by atoms with E-state index >= 15 is 0 Å². The summed E-state index contributed by atoms with van der Waals surface area (Å²) in [5.74, 6) is 0.174. The van der Waals surface area contributed by atoms with E-state index in [2.05, 4.69) is 4.74 Å². The lowest BCUT2D eigenvalue weighted by atomic mass is 10.2. The van der Waals surface area contributed by atoms with Gasteiger partial charge in [0.05, 0.1) is 13.2 Å². The molecule has 0 heterocycles. The Kier molecular flexibility index (Phi) is 8.04. The number of para-hydroxylation sites is 1. The smallest absolute Gasteiger partial charge is 0.387 e. The van der Waals surface area contributed by atoms with Crippen LogP contribution in [0.5, 0.6) is 11.5 Å². The van der Waals surface area contributed by atoms with Crippen LogP contribution in [0.1, 0.15) is 19.4 Å². The standard InChI is InChI=1S/C21H26F2N2O3/c1-4-25(17-9-7-6-8-10-17)15-20(26)24(3)14-16-11-12-18(28-21(22)23)19(13-16)27-5-2/h6-13,21H,4-5,14-15H2,1-3H3. The van der Waals surface area contributed by atoms with E-state index in [0.29, 0.717) is 19.7 Å². The summed E-state index contributed by atoms with van der Waals surface area (Å²) >= 11 is 0. The molecule has 1 amide bonds. The highest BCUT2D eigenvalue weighted by molar-refractivity contribution is 5.81. The summed E-state index contributed by atoms with van der Waals surface area (Å²) in [6, 6.07) is 14.4. The van der Waals surface area contributed by atoms with E-state index in [-0.39, 0.29) is 24.0 Å². The van der Waals surface area contributed by atoms with Crippen LogP contribution in [0.2, 0.25) is 0 Å². The third-order valence-electron chi connectivity index (χ3n) is 4.20. The zero-order valence-electron chi connectivity index (χ0n) is 16.4. The van der Waals surface area contributed by atoms with Gasteiger partial charge in [0.2, 0.25) is 5.91 Å². The fourth-order valence-electron chi connectivity index (χ4n) is 2.78. The van der Waals surface area contributed by atoms with E-state index < -0.39 is 6.61 Å². The zero-order chi connectivity index (χ0) is 20.5. The van der Waals surface area contributed by atoms with Crippen LogP contribution in [-0.4, -0.2) is 44.2 Å². The van der Waals surface area contributed by atoms with Crippen LogP contribution in [0, 0.1) is 0 Å². The van der Waals surface area contributed by atoms with Gasteiger partial charge in [-0.15, -0.1) is 0 Å². The third kappa shape index (κ3) is 6.11. The Labute approximate surface area is 164 Å². The highest BCUT2D eigenvalue weighted by atomic mass is 19.3. The quantitative estimate of drug-likeness (QED) is 0.609. The van der Waals surface area contributed by atoms with E-state index in [0.717, 1.165) is 11.3 Å². The first-order chi connectivity index (χ1) is 13.4. The van der Waals surface area contributed by atoms with Crippen molar-refractivity contribution in [3.63, 3.8) is 0 Å². The highest BCUT2D eigenvalue weighted by Gasteiger charge is 2.16. The number of likely N-dealkylation sites (N-methyl/N-ethyl adjacent to an activating group) is 2. The van der Waals surface area contributed by atoms with Crippen molar-refractivity contribution in [2.75, 3.05) is 31.6 Å². The molecule has 2 aromatic rings. The molecule has 152 valence electrons. The first-order valence-electron chi connectivity index (χ1n) is 9.19. The summed E-state index contributed by atoms with van der Waals surface area (Å²) in [6.45, 7) is 2.45. The largest absolute Gasteiger partial charge is 0.490 e. The summed E-state index contributed by atoms with van der Waals surface area (Å²) in [5.41, 5.74) is 1.75. The molecule has 0 bridgehead atoms. The number of amides is 1. The maximum absolute atomic E-state index is 12.6. The number of carbonyl (C=O) groups is 1. The van der Waals surface area contributed by atoms with Crippen LogP contribution in [0.3, 0.4) is 0 Å². The van der Waals surface area contributed by atoms with E-state index in [1.165, 1.54) is 6.07 Å². The molecule has 0 radical (unpaired) electrons. The number of carbonyl (C=O) groups excluding carboxylic acids is 1. The molecule has 5 nitrogen and oxygen atoms in total. The Balaban J connectivity index is 2.05. The summed E-state index contributed by atoms with van der Waals surface area (Å²) in [4.78, 5) is 16.2. The van der Waals surface area contributed by atoms with Crippen LogP contribution >= 0.6 is 0 Å². The van der Waals surface area contributed by atoms with Crippen LogP contribution in [-0.2, 0) is 11.3 Å². The van der Waals surface area contributed by atoms with Gasteiger partial charge < -0.3 is 19.3 Å². The number of halogens is 2. The van der Waals surface area contributed by atoms with Crippen molar-refractivity contribution in [1.82, 2.24) is 4.90 Å². The van der Waals surface area contributed by atoms with Gasteiger partial charge in [0.25, 0.3) is 0 Å². The SMILES string of the molecule is CCOc1cc(CN(C)C(=O)CN(CC)c2ccccc2)ccc1OC(F)F. The number of anilines is 1. The maximum atomic E-state index is 12.6. The van der Waals surface area contributed by atoms with Crippen molar-refractivity contribution in [3.05, 3.63) is 54.1 Å². The van der Waals surface area contributed by atoms with Crippen molar-refractivity contribution in [2.45, 2.75) is 27.0 Å². The number of hydrogen-bond acceptors (Lipinski definition) is 4. The number of hydrogen-bond donors (Lipinski definition) is 0. The molecule has 2 rings (SSSR count). The fourth-order valence-corrected chi connectivity index (χ4v) is 2.78. The van der Waals surface area contributed by atoms with E-state index in [1.54, 1.807) is 31.0 Å². The Morgan fingerprint density at radius 3 is 2.39 bits per heavy atom. The monoisotopic (exact) mass is 392 g/mol. The number of ether oxygens (including phenoxy) is 2. The Morgan fingerprint density at radius 1 is 1.07 bits per heavy atom. The van der Waals surface area contributed by atoms with Gasteiger partial charge in [0, 0.05) is 25.8 Å². The highest BCUT2D eigenvalue weighted by Crippen LogP contribution is 2.30. The van der Waals surface area contributed by atoms with Crippen LogP contribution in [0.25, 0.3) is 0 Å². The van der Waals surface area contributed by atoms with Gasteiger partial charge >= 0.3 is 6.61 Å². The first-order valence-corrected chi connectivity index (χ1v) is 9.19. The van der Waals surface area contributed by atoms with Gasteiger partial charge in [0.1, 0.15) is 0 Å². The second-order valence-electron chi connectivity index (χ2n) is 6.19. The molecular formula is C21H26F2N2O3. The van der Waals surface area contributed by atoms with Crippen molar-refractivity contribution in [2.24, 2.45) is 0 Å². The Morgan fingerprint density at radius 2 is 1.79 bits per heavy atom. The molecule has 0 aromatic heterocycles. The lowest BCUT2D eigenvalue weighted by Gasteiger charge is -2.26. The predicted octanol–water partition coefficient (Wildman–Crippen LogP) is 4.17. The molecular weight excluding hydrogens is 366 g/mol. The molecule has 0 aliphatic rings. The molecule has 0 unspecified atom stereocenters. The topological polar surface area (TPSA) is 42.0 Å². The number of rotatable bonds is 10. The van der Waals surface area contributed by atoms with Crippen molar-refractivity contribution < 1.29 is 23.0 Å². The minimum absolute atomic E-state index is 0.0178. The second-order valence-corrected chi connectivity index (χ2v) is 6.19. The second kappa shape index (κ2) is 10.5. The molecule has 28 heavy (non-hydrogen) atoms. The summed E-state index contributed by atoms with van der Waals surface area (Å²) in [6.07, 6.45) is 0. The van der Waals surface area contributed by atoms with Crippen LogP contribution in [0.15, 0.2) is 48.5 Å². The van der Waals surface area contributed by atoms with Gasteiger partial charge in [-0.2, -0.15) is 8.78 Å². The molecule has 0 saturated heterocycles. The summed E-state index contributed by atoms with van der Waals surface area (Å²) in [7, 11) is 1.71. The van der Waals surface area contributed by atoms with Crippen molar-refractivity contribution >= 4 is 11.6 Å². The number of benzene rings is 2. The molecule has 2 aromatic carbocycles. The summed E-state index contributed by atoms with van der Waals surface area (Å²) < 4.78 is 34.9. The lowest BCUT2D eigenvalue weighted by molar-refractivity contribution is -0.128. The molecule has 0 saturated carbocycles. The maximum Gasteiger partial charge on any atom is 0.387 e. The third-order valence-corrected chi connectivity index (χ3v) is 4.20. The van der Waals surface area contributed by atoms with Gasteiger partial charge in [-0.1, -0.05) is 24.3 Å². The Bertz CT molecular complexity index is 757. The number of alkyl halides is 2. The average Bonchev–Trinajstić information content (AvgIpc) is 2.68. The van der Waals surface area contributed by atoms with E-state index in [4.69, 9.17) is 4.74 Å². The van der Waals surface area contributed by atoms with E-state index in [9.17, 15) is 13.6 Å². The average molecular weight is 392 g/mol. The summed E-state index contributed by atoms with van der Waals surface area (Å²) in [5, 5.41) is 0.